The second-order valence-electron chi connectivity index (χ2n) is 7.58. The Morgan fingerprint density at radius 1 is 1.33 bits per heavy atom. The molecule has 146 valence electrons. The van der Waals surface area contributed by atoms with Gasteiger partial charge in [-0.2, -0.15) is 0 Å². The van der Waals surface area contributed by atoms with E-state index in [-0.39, 0.29) is 26.7 Å². The van der Waals surface area contributed by atoms with E-state index in [9.17, 15) is 4.79 Å². The SMILES string of the molecule is Cc1ccnc(C(C)C)c1Nc1c(C(=O)OC(C)(C)C)cc(Cl)c(Br)c1F. The third-order valence-corrected chi connectivity index (χ3v) is 5.07. The van der Waals surface area contributed by atoms with Crippen LogP contribution in [0.1, 0.15) is 62.2 Å². The molecule has 0 radical (unpaired) electrons. The Balaban J connectivity index is 2.64. The van der Waals surface area contributed by atoms with Crippen LogP contribution in [0, 0.1) is 12.7 Å². The lowest BCUT2D eigenvalue weighted by Crippen LogP contribution is -2.24. The van der Waals surface area contributed by atoms with Crippen molar-refractivity contribution in [3.63, 3.8) is 0 Å². The summed E-state index contributed by atoms with van der Waals surface area (Å²) < 4.78 is 20.5. The van der Waals surface area contributed by atoms with Gasteiger partial charge in [-0.25, -0.2) is 9.18 Å². The molecule has 1 aromatic carbocycles. The number of carbonyl (C=O) groups is 1. The van der Waals surface area contributed by atoms with Crippen LogP contribution in [-0.4, -0.2) is 16.6 Å². The average Bonchev–Trinajstić information content (AvgIpc) is 2.54. The van der Waals surface area contributed by atoms with Crippen LogP contribution in [0.2, 0.25) is 5.02 Å². The highest BCUT2D eigenvalue weighted by Gasteiger charge is 2.26. The van der Waals surface area contributed by atoms with Crippen LogP contribution in [-0.2, 0) is 4.74 Å². The summed E-state index contributed by atoms with van der Waals surface area (Å²) in [4.78, 5) is 17.1. The zero-order chi connectivity index (χ0) is 20.5. The van der Waals surface area contributed by atoms with Crippen LogP contribution in [0.4, 0.5) is 15.8 Å². The molecule has 0 saturated heterocycles. The lowest BCUT2D eigenvalue weighted by Gasteiger charge is -2.23. The Bertz CT molecular complexity index is 879. The monoisotopic (exact) mass is 456 g/mol. The van der Waals surface area contributed by atoms with Gasteiger partial charge in [0.25, 0.3) is 0 Å². The Hall–Kier alpha value is -1.66. The van der Waals surface area contributed by atoms with E-state index in [0.717, 1.165) is 11.3 Å². The first-order valence-corrected chi connectivity index (χ1v) is 9.72. The van der Waals surface area contributed by atoms with E-state index >= 15 is 4.39 Å². The number of hydrogen-bond acceptors (Lipinski definition) is 4. The van der Waals surface area contributed by atoms with Gasteiger partial charge < -0.3 is 10.1 Å². The van der Waals surface area contributed by atoms with Gasteiger partial charge in [0.15, 0.2) is 5.82 Å². The number of aromatic nitrogens is 1. The van der Waals surface area contributed by atoms with Crippen LogP contribution in [0.15, 0.2) is 22.8 Å². The summed E-state index contributed by atoms with van der Waals surface area (Å²) in [7, 11) is 0. The van der Waals surface area contributed by atoms with Crippen LogP contribution >= 0.6 is 27.5 Å². The highest BCUT2D eigenvalue weighted by Crippen LogP contribution is 2.38. The first-order valence-electron chi connectivity index (χ1n) is 8.55. The van der Waals surface area contributed by atoms with Gasteiger partial charge in [-0.1, -0.05) is 25.4 Å². The maximum Gasteiger partial charge on any atom is 0.340 e. The number of hydrogen-bond donors (Lipinski definition) is 1. The smallest absolute Gasteiger partial charge is 0.340 e. The molecule has 27 heavy (non-hydrogen) atoms. The zero-order valence-corrected chi connectivity index (χ0v) is 18.5. The number of anilines is 2. The van der Waals surface area contributed by atoms with Crippen LogP contribution < -0.4 is 5.32 Å². The number of aryl methyl sites for hydroxylation is 1. The molecule has 4 nitrogen and oxygen atoms in total. The molecule has 0 aliphatic rings. The van der Waals surface area contributed by atoms with Gasteiger partial charge >= 0.3 is 5.97 Å². The molecule has 1 heterocycles. The maximum atomic E-state index is 15.0. The second-order valence-corrected chi connectivity index (χ2v) is 8.78. The largest absolute Gasteiger partial charge is 0.456 e. The van der Waals surface area contributed by atoms with Gasteiger partial charge in [-0.3, -0.25) is 4.98 Å². The molecule has 0 spiro atoms. The minimum Gasteiger partial charge on any atom is -0.456 e. The number of rotatable bonds is 4. The van der Waals surface area contributed by atoms with Crippen molar-refractivity contribution in [3.8, 4) is 0 Å². The molecule has 1 N–H and O–H groups in total. The lowest BCUT2D eigenvalue weighted by atomic mass is 10.0. The summed E-state index contributed by atoms with van der Waals surface area (Å²) >= 11 is 9.23. The normalized spacial score (nSPS) is 11.6. The van der Waals surface area contributed by atoms with E-state index in [1.165, 1.54) is 6.07 Å². The van der Waals surface area contributed by atoms with Crippen molar-refractivity contribution >= 4 is 44.9 Å². The molecule has 0 atom stereocenters. The van der Waals surface area contributed by atoms with Crippen molar-refractivity contribution in [2.75, 3.05) is 5.32 Å². The number of nitrogens with zero attached hydrogens (tertiary/aromatic N) is 1. The van der Waals surface area contributed by atoms with E-state index in [1.807, 2.05) is 26.8 Å². The van der Waals surface area contributed by atoms with E-state index in [4.69, 9.17) is 16.3 Å². The summed E-state index contributed by atoms with van der Waals surface area (Å²) in [6, 6.07) is 3.22. The van der Waals surface area contributed by atoms with Crippen molar-refractivity contribution in [2.24, 2.45) is 0 Å². The summed E-state index contributed by atoms with van der Waals surface area (Å²) in [5, 5.41) is 3.16. The Morgan fingerprint density at radius 3 is 2.52 bits per heavy atom. The summed E-state index contributed by atoms with van der Waals surface area (Å²) in [5.74, 6) is -1.22. The number of halogens is 3. The van der Waals surface area contributed by atoms with E-state index in [0.29, 0.717) is 5.69 Å². The molecule has 1 aromatic heterocycles. The molecule has 0 saturated carbocycles. The average molecular weight is 458 g/mol. The Kier molecular flexibility index (Phi) is 6.53. The minimum absolute atomic E-state index is 0.00137. The zero-order valence-electron chi connectivity index (χ0n) is 16.2. The highest BCUT2D eigenvalue weighted by atomic mass is 79.9. The van der Waals surface area contributed by atoms with Gasteiger partial charge in [0, 0.05) is 6.20 Å². The number of ether oxygens (including phenoxy) is 1. The molecule has 0 bridgehead atoms. The minimum atomic E-state index is -0.725. The number of carbonyl (C=O) groups excluding carboxylic acids is 1. The fraction of sp³-hybridized carbons (Fsp3) is 0.400. The summed E-state index contributed by atoms with van der Waals surface area (Å²) in [6.45, 7) is 11.1. The maximum absolute atomic E-state index is 15.0. The van der Waals surface area contributed by atoms with Gasteiger partial charge in [0.05, 0.1) is 32.1 Å². The second kappa shape index (κ2) is 8.15. The van der Waals surface area contributed by atoms with Gasteiger partial charge in [0.2, 0.25) is 0 Å². The molecule has 0 unspecified atom stereocenters. The van der Waals surface area contributed by atoms with E-state index in [2.05, 4.69) is 26.2 Å². The number of esters is 1. The molecular formula is C20H23BrClFN2O2. The van der Waals surface area contributed by atoms with Crippen molar-refractivity contribution in [1.29, 1.82) is 0 Å². The molecule has 7 heteroatoms. The Labute approximate surface area is 172 Å². The molecule has 2 rings (SSSR count). The standard InChI is InChI=1S/C20H23BrClFN2O2/c1-10(2)16-17(11(3)7-8-24-16)25-18-12(19(26)27-20(4,5)6)9-13(22)14(21)15(18)23/h7-10,25H,1-6H3. The van der Waals surface area contributed by atoms with E-state index < -0.39 is 17.4 Å². The van der Waals surface area contributed by atoms with Crippen LogP contribution in [0.25, 0.3) is 0 Å². The van der Waals surface area contributed by atoms with E-state index in [1.54, 1.807) is 27.0 Å². The predicted molar refractivity (Wildman–Crippen MR) is 111 cm³/mol. The molecular weight excluding hydrogens is 435 g/mol. The quantitative estimate of drug-likeness (QED) is 0.407. The third kappa shape index (κ3) is 4.99. The van der Waals surface area contributed by atoms with Crippen molar-refractivity contribution in [2.45, 2.75) is 53.1 Å². The topological polar surface area (TPSA) is 51.2 Å². The van der Waals surface area contributed by atoms with Gasteiger partial charge in [-0.15, -0.1) is 0 Å². The summed E-state index contributed by atoms with van der Waals surface area (Å²) in [6.07, 6.45) is 1.71. The fourth-order valence-corrected chi connectivity index (χ4v) is 3.02. The van der Waals surface area contributed by atoms with Crippen molar-refractivity contribution in [1.82, 2.24) is 4.98 Å². The number of pyridine rings is 1. The number of benzene rings is 1. The van der Waals surface area contributed by atoms with Crippen LogP contribution in [0.5, 0.6) is 0 Å². The fourth-order valence-electron chi connectivity index (χ4n) is 2.52. The molecule has 0 fully saturated rings. The lowest BCUT2D eigenvalue weighted by molar-refractivity contribution is 0.00703. The first-order chi connectivity index (χ1) is 12.4. The summed E-state index contributed by atoms with van der Waals surface area (Å²) in [5.41, 5.74) is 1.61. The predicted octanol–water partition coefficient (Wildman–Crippen LogP) is 6.77. The molecule has 0 amide bonds. The number of nitrogens with one attached hydrogen (secondary N) is 1. The highest BCUT2D eigenvalue weighted by molar-refractivity contribution is 9.10. The Morgan fingerprint density at radius 2 is 1.96 bits per heavy atom. The third-order valence-electron chi connectivity index (χ3n) is 3.77. The first kappa shape index (κ1) is 21.6. The van der Waals surface area contributed by atoms with Crippen LogP contribution in [0.3, 0.4) is 0 Å². The van der Waals surface area contributed by atoms with Gasteiger partial charge in [0.1, 0.15) is 5.60 Å². The molecule has 0 aliphatic heterocycles. The van der Waals surface area contributed by atoms with Gasteiger partial charge in [-0.05, 0) is 67.2 Å². The molecule has 2 aromatic rings. The molecule has 0 aliphatic carbocycles. The van der Waals surface area contributed by atoms with Crippen molar-refractivity contribution < 1.29 is 13.9 Å². The van der Waals surface area contributed by atoms with Crippen molar-refractivity contribution in [3.05, 3.63) is 50.5 Å².